The summed E-state index contributed by atoms with van der Waals surface area (Å²) in [6.07, 6.45) is 3.45. The van der Waals surface area contributed by atoms with E-state index in [2.05, 4.69) is 130 Å². The first-order valence-electron chi connectivity index (χ1n) is 16.5. The molecule has 0 radical (unpaired) electrons. The molecule has 252 valence electrons. The minimum absolute atomic E-state index is 0. The van der Waals surface area contributed by atoms with Crippen LogP contribution in [-0.4, -0.2) is 7.42 Å². The van der Waals surface area contributed by atoms with Gasteiger partial charge in [0.05, 0.1) is 0 Å². The molecule has 0 aliphatic heterocycles. The van der Waals surface area contributed by atoms with Crippen LogP contribution >= 0.6 is 48.0 Å². The fourth-order valence-corrected chi connectivity index (χ4v) is 20.6. The Morgan fingerprint density at radius 1 is 0.667 bits per heavy atom. The molecular formula is C43H48Cl4Zr. The molecule has 0 amide bonds. The van der Waals surface area contributed by atoms with Crippen LogP contribution in [0.15, 0.2) is 99.4 Å². The number of benzene rings is 4. The van der Waals surface area contributed by atoms with Crippen molar-refractivity contribution in [1.82, 2.24) is 0 Å². The maximum absolute atomic E-state index is 6.45. The van der Waals surface area contributed by atoms with Crippen LogP contribution in [0.1, 0.15) is 95.7 Å². The van der Waals surface area contributed by atoms with Gasteiger partial charge in [-0.1, -0.05) is 0 Å². The van der Waals surface area contributed by atoms with Gasteiger partial charge in [-0.2, -0.15) is 0 Å². The second-order valence-electron chi connectivity index (χ2n) is 15.5. The molecule has 1 atom stereocenters. The summed E-state index contributed by atoms with van der Waals surface area (Å²) < 4.78 is 8.61. The standard InChI is InChI=1S/C21H25.C8H11.2C7H5Cl.2ClH.Zr/c1-20(2,3)16-9-7-14-11-15-8-10-17(21(4,5)6)13-19(15)18(14)12-16;1-6-4-7(2)8(3)5-6;2*1-6-2-4-7(8)5-3-6;;;/h7,9-10,12-13H,11H2,1-6H3;4,6H,1-3H3;2*1-5H;2*1H;. The van der Waals surface area contributed by atoms with E-state index in [4.69, 9.17) is 23.2 Å². The molecule has 0 saturated carbocycles. The zero-order valence-corrected chi connectivity index (χ0v) is 35.2. The van der Waals surface area contributed by atoms with Gasteiger partial charge in [0.15, 0.2) is 0 Å². The Morgan fingerprint density at radius 3 is 1.62 bits per heavy atom. The second kappa shape index (κ2) is 14.4. The molecule has 2 aliphatic carbocycles. The van der Waals surface area contributed by atoms with E-state index in [1.807, 2.05) is 24.3 Å². The second-order valence-corrected chi connectivity index (χ2v) is 24.7. The summed E-state index contributed by atoms with van der Waals surface area (Å²) in [6.45, 7) is 21.1. The average Bonchev–Trinajstić information content (AvgIpc) is 3.48. The van der Waals surface area contributed by atoms with E-state index in [0.29, 0.717) is 5.92 Å². The molecule has 0 fully saturated rings. The van der Waals surface area contributed by atoms with E-state index in [1.165, 1.54) is 55.7 Å². The molecule has 0 aromatic heterocycles. The third-order valence-corrected chi connectivity index (χ3v) is 22.0. The third kappa shape index (κ3) is 7.43. The number of rotatable bonds is 4. The molecule has 4 aromatic carbocycles. The summed E-state index contributed by atoms with van der Waals surface area (Å²) >= 11 is 8.95. The van der Waals surface area contributed by atoms with Crippen LogP contribution in [0, 0.1) is 5.92 Å². The first-order valence-corrected chi connectivity index (χ1v) is 22.6. The maximum atomic E-state index is 6.45. The van der Waals surface area contributed by atoms with Crippen molar-refractivity contribution in [2.75, 3.05) is 0 Å². The number of allylic oxidation sites excluding steroid dienone is 4. The fraction of sp³-hybridized carbons (Fsp3) is 0.302. The summed E-state index contributed by atoms with van der Waals surface area (Å²) in [5, 5.41) is 1.53. The Balaban J connectivity index is 0.00000260. The van der Waals surface area contributed by atoms with E-state index < -0.39 is 19.3 Å². The summed E-state index contributed by atoms with van der Waals surface area (Å²) in [7, 11) is 0. The van der Waals surface area contributed by atoms with Crippen LogP contribution < -0.4 is 3.27 Å². The molecule has 1 unspecified atom stereocenters. The summed E-state index contributed by atoms with van der Waals surface area (Å²) in [4.78, 5) is 0. The van der Waals surface area contributed by atoms with Gasteiger partial charge in [0.1, 0.15) is 0 Å². The van der Waals surface area contributed by atoms with Crippen LogP contribution in [0.2, 0.25) is 10.0 Å². The van der Waals surface area contributed by atoms with Crippen LogP contribution in [0.4, 0.5) is 0 Å². The molecule has 4 aromatic rings. The Morgan fingerprint density at radius 2 is 1.17 bits per heavy atom. The van der Waals surface area contributed by atoms with Crippen molar-refractivity contribution in [1.29, 1.82) is 0 Å². The van der Waals surface area contributed by atoms with Gasteiger partial charge in [0.25, 0.3) is 0 Å². The molecule has 0 nitrogen and oxygen atoms in total. The Kier molecular flexibility index (Phi) is 11.7. The molecule has 6 rings (SSSR count). The van der Waals surface area contributed by atoms with E-state index in [-0.39, 0.29) is 35.6 Å². The molecule has 0 heterocycles. The van der Waals surface area contributed by atoms with Crippen LogP contribution in [0.5, 0.6) is 0 Å². The topological polar surface area (TPSA) is 0 Å². The van der Waals surface area contributed by atoms with E-state index in [1.54, 1.807) is 6.55 Å². The molecule has 5 heteroatoms. The van der Waals surface area contributed by atoms with E-state index >= 15 is 0 Å². The molecular weight excluding hydrogens is 750 g/mol. The van der Waals surface area contributed by atoms with Crippen molar-refractivity contribution in [2.45, 2.75) is 79.6 Å². The number of fused-ring (bicyclic) bond motifs is 3. The van der Waals surface area contributed by atoms with E-state index in [0.717, 1.165) is 16.5 Å². The molecule has 48 heavy (non-hydrogen) atoms. The van der Waals surface area contributed by atoms with Crippen LogP contribution in [0.25, 0.3) is 11.1 Å². The van der Waals surface area contributed by atoms with Gasteiger partial charge < -0.3 is 0 Å². The van der Waals surface area contributed by atoms with Gasteiger partial charge in [-0.15, -0.1) is 24.8 Å². The van der Waals surface area contributed by atoms with Crippen molar-refractivity contribution in [3.05, 3.63) is 143 Å². The smallest absolute Gasteiger partial charge is 0.147 e. The molecule has 2 aliphatic rings. The SMILES string of the molecule is CC1=CC(C)[C]([Zr](=[CH]c2ccc(Cl)cc2)(=[CH]c2ccc(Cl)cc2)[c]2cc(C(C)(C)C)cc3c2Cc2ccc(C(C)(C)C)cc2-3)=C1C.Cl.Cl. The minimum atomic E-state index is -3.94. The number of hydrogen-bond donors (Lipinski definition) is 0. The van der Waals surface area contributed by atoms with Crippen molar-refractivity contribution < 1.29 is 19.3 Å². The van der Waals surface area contributed by atoms with Crippen molar-refractivity contribution in [3.8, 4) is 11.1 Å². The van der Waals surface area contributed by atoms with Crippen molar-refractivity contribution in [2.24, 2.45) is 5.92 Å². The molecule has 0 saturated heterocycles. The number of halogens is 4. The largest absolute Gasteiger partial charge is 0.147 e. The van der Waals surface area contributed by atoms with Crippen LogP contribution in [0.3, 0.4) is 0 Å². The van der Waals surface area contributed by atoms with Gasteiger partial charge in [-0.05, 0) is 0 Å². The normalized spacial score (nSPS) is 15.3. The monoisotopic (exact) mass is 794 g/mol. The predicted octanol–water partition coefficient (Wildman–Crippen LogP) is 12.4. The summed E-state index contributed by atoms with van der Waals surface area (Å²) in [6, 6.07) is 29.3. The first-order chi connectivity index (χ1) is 21.6. The molecule has 0 N–H and O–H groups in total. The van der Waals surface area contributed by atoms with Crippen molar-refractivity contribution in [3.63, 3.8) is 0 Å². The minimum Gasteiger partial charge on any atom is -0.147 e. The van der Waals surface area contributed by atoms with Gasteiger partial charge in [-0.25, -0.2) is 0 Å². The van der Waals surface area contributed by atoms with Crippen LogP contribution in [-0.2, 0) is 36.5 Å². The third-order valence-electron chi connectivity index (χ3n) is 10.1. The summed E-state index contributed by atoms with van der Waals surface area (Å²) in [5.41, 5.74) is 14.0. The zero-order valence-electron chi connectivity index (χ0n) is 29.6. The molecule has 0 bridgehead atoms. The fourth-order valence-electron chi connectivity index (χ4n) is 7.51. The summed E-state index contributed by atoms with van der Waals surface area (Å²) in [5.74, 6) is 0.355. The quantitative estimate of drug-likeness (QED) is 0.170. The first kappa shape index (κ1) is 38.9. The van der Waals surface area contributed by atoms with Crippen molar-refractivity contribution >= 4 is 58.7 Å². The predicted molar refractivity (Wildman–Crippen MR) is 215 cm³/mol. The Hall–Kier alpha value is -1.86. The van der Waals surface area contributed by atoms with Gasteiger partial charge in [-0.3, -0.25) is 0 Å². The number of hydrogen-bond acceptors (Lipinski definition) is 0. The molecule has 0 spiro atoms. The van der Waals surface area contributed by atoms with Gasteiger partial charge in [0, 0.05) is 0 Å². The van der Waals surface area contributed by atoms with Gasteiger partial charge in [0.2, 0.25) is 0 Å². The van der Waals surface area contributed by atoms with Gasteiger partial charge >= 0.3 is 293 Å². The average molecular weight is 798 g/mol. The Labute approximate surface area is 314 Å². The Bertz CT molecular complexity index is 1980. The van der Waals surface area contributed by atoms with E-state index in [9.17, 15) is 0 Å². The zero-order chi connectivity index (χ0) is 33.2. The maximum Gasteiger partial charge on any atom is -0.147 e.